The second-order valence-electron chi connectivity index (χ2n) is 15.0. The number of hydrogen-bond acceptors (Lipinski definition) is 11. The molecule has 2 saturated heterocycles. The molecule has 0 atom stereocenters. The van der Waals surface area contributed by atoms with Gasteiger partial charge in [0.05, 0.1) is 41.8 Å². The molecule has 0 bridgehead atoms. The van der Waals surface area contributed by atoms with E-state index in [-0.39, 0.29) is 47.1 Å². The number of benzene rings is 1. The molecule has 3 aliphatic rings. The number of nitrogens with zero attached hydrogens (tertiary/aromatic N) is 7. The minimum absolute atomic E-state index is 0.0242. The Morgan fingerprint density at radius 1 is 0.982 bits per heavy atom. The molecule has 1 saturated carbocycles. The summed E-state index contributed by atoms with van der Waals surface area (Å²) in [5, 5.41) is 16.8. The molecule has 17 heteroatoms. The maximum Gasteiger partial charge on any atom is 0.410 e. The van der Waals surface area contributed by atoms with Gasteiger partial charge in [-0.15, -0.1) is 10.2 Å². The van der Waals surface area contributed by atoms with Crippen molar-refractivity contribution in [1.82, 2.24) is 39.8 Å². The highest BCUT2D eigenvalue weighted by molar-refractivity contribution is 6.00. The third-order valence-corrected chi connectivity index (χ3v) is 9.63. The summed E-state index contributed by atoms with van der Waals surface area (Å²) < 4.78 is 40.3. The van der Waals surface area contributed by atoms with Crippen LogP contribution in [0.4, 0.5) is 30.8 Å². The van der Waals surface area contributed by atoms with Gasteiger partial charge in [-0.3, -0.25) is 19.5 Å². The smallest absolute Gasteiger partial charge is 0.410 e. The van der Waals surface area contributed by atoms with Crippen molar-refractivity contribution >= 4 is 35.1 Å². The summed E-state index contributed by atoms with van der Waals surface area (Å²) in [5.41, 5.74) is 1.86. The summed E-state index contributed by atoms with van der Waals surface area (Å²) in [6, 6.07) is 11.8. The van der Waals surface area contributed by atoms with Crippen molar-refractivity contribution < 1.29 is 32.6 Å². The highest BCUT2D eigenvalue weighted by Crippen LogP contribution is 2.41. The fraction of sp³-hybridized carbons (Fsp3) is 0.447. The van der Waals surface area contributed by atoms with Crippen molar-refractivity contribution in [2.24, 2.45) is 5.92 Å². The van der Waals surface area contributed by atoms with E-state index in [2.05, 4.69) is 40.6 Å². The Hall–Kier alpha value is -5.71. The number of rotatable bonds is 12. The summed E-state index contributed by atoms with van der Waals surface area (Å²) in [6.45, 7) is 8.06. The van der Waals surface area contributed by atoms with Gasteiger partial charge < -0.3 is 34.9 Å². The van der Waals surface area contributed by atoms with Crippen LogP contribution in [0.15, 0.2) is 48.7 Å². The average Bonchev–Trinajstić information content (AvgIpc) is 3.88. The van der Waals surface area contributed by atoms with Crippen LogP contribution < -0.4 is 20.7 Å². The monoisotopic (exact) mass is 758 g/mol. The van der Waals surface area contributed by atoms with E-state index in [1.165, 1.54) is 13.1 Å². The number of likely N-dealkylation sites (tertiary alicyclic amines) is 2. The SMILES string of the molecule is CNC(=O)c1nnc(NC(=O)C2CC2)cc1Nc1cccc(-c2cn(C3CN(Cc4cccc(C(F)F)n4)C3)c(C3CN(C(=O)OC(C)(C)C)C3)n2)c1OC. The van der Waals surface area contributed by atoms with Gasteiger partial charge in [0.25, 0.3) is 12.3 Å². The normalized spacial score (nSPS) is 16.3. The molecule has 0 unspecified atom stereocenters. The van der Waals surface area contributed by atoms with Crippen LogP contribution in [-0.2, 0) is 16.1 Å². The number of ether oxygens (including phenoxy) is 2. The number of anilines is 3. The first-order valence-electron chi connectivity index (χ1n) is 18.2. The largest absolute Gasteiger partial charge is 0.494 e. The fourth-order valence-electron chi connectivity index (χ4n) is 6.64. The van der Waals surface area contributed by atoms with Gasteiger partial charge in [-0.05, 0) is 57.9 Å². The zero-order chi connectivity index (χ0) is 39.0. The molecule has 1 aliphatic carbocycles. The number of carbonyl (C=O) groups excluding carboxylic acids is 3. The van der Waals surface area contributed by atoms with Gasteiger partial charge in [0.1, 0.15) is 17.1 Å². The number of pyridine rings is 1. The molecule has 290 valence electrons. The molecular weight excluding hydrogens is 714 g/mol. The summed E-state index contributed by atoms with van der Waals surface area (Å²) >= 11 is 0. The molecule has 3 aromatic heterocycles. The van der Waals surface area contributed by atoms with Crippen molar-refractivity contribution in [2.45, 2.75) is 64.1 Å². The quantitative estimate of drug-likeness (QED) is 0.166. The van der Waals surface area contributed by atoms with Crippen LogP contribution in [-0.4, -0.2) is 98.4 Å². The molecule has 2 aliphatic heterocycles. The average molecular weight is 759 g/mol. The van der Waals surface area contributed by atoms with Crippen LogP contribution in [0, 0.1) is 5.92 Å². The van der Waals surface area contributed by atoms with E-state index in [1.54, 1.807) is 36.3 Å². The Kier molecular flexibility index (Phi) is 10.4. The van der Waals surface area contributed by atoms with Crippen molar-refractivity contribution in [3.8, 4) is 17.0 Å². The zero-order valence-corrected chi connectivity index (χ0v) is 31.3. The number of halogens is 2. The van der Waals surface area contributed by atoms with E-state index in [4.69, 9.17) is 14.5 Å². The van der Waals surface area contributed by atoms with Gasteiger partial charge in [0.2, 0.25) is 5.91 Å². The molecule has 3 fully saturated rings. The zero-order valence-electron chi connectivity index (χ0n) is 31.3. The number of methoxy groups -OCH3 is 1. The standard InChI is InChI=1S/C38H44F2N10O5/c1-38(2,3)55-37(53)49-15-22(16-49)34-44-29(20-50(34)24-18-48(19-24)17-23-8-6-11-27(42-23)33(39)40)25-9-7-10-26(32(25)54-5)43-28-14-30(45-35(51)21-12-13-21)46-47-31(28)36(52)41-4/h6-11,14,20-22,24,33H,12-13,15-19H2,1-5H3,(H,41,52)(H2,43,45,46,51). The maximum atomic E-state index is 13.3. The van der Waals surface area contributed by atoms with Crippen LogP contribution in [0.1, 0.15) is 79.7 Å². The van der Waals surface area contributed by atoms with Crippen LogP contribution in [0.3, 0.4) is 0 Å². The van der Waals surface area contributed by atoms with Gasteiger partial charge in [-0.2, -0.15) is 0 Å². The molecule has 3 N–H and O–H groups in total. The number of aromatic nitrogens is 5. The van der Waals surface area contributed by atoms with Crippen LogP contribution >= 0.6 is 0 Å². The summed E-state index contributed by atoms with van der Waals surface area (Å²) in [4.78, 5) is 51.1. The molecule has 3 amide bonds. The number of alkyl halides is 2. The van der Waals surface area contributed by atoms with E-state index in [0.717, 1.165) is 18.7 Å². The Morgan fingerprint density at radius 2 is 1.73 bits per heavy atom. The minimum Gasteiger partial charge on any atom is -0.494 e. The van der Waals surface area contributed by atoms with E-state index in [9.17, 15) is 23.2 Å². The second kappa shape index (κ2) is 15.2. The first kappa shape index (κ1) is 37.6. The molecular formula is C38H44F2N10O5. The Balaban J connectivity index is 1.17. The number of carbonyl (C=O) groups is 3. The lowest BCUT2D eigenvalue weighted by Gasteiger charge is -2.43. The lowest BCUT2D eigenvalue weighted by Crippen LogP contribution is -2.52. The Morgan fingerprint density at radius 3 is 2.40 bits per heavy atom. The van der Waals surface area contributed by atoms with Gasteiger partial charge in [0, 0.05) is 63.5 Å². The summed E-state index contributed by atoms with van der Waals surface area (Å²) in [6.07, 6.45) is 0.590. The predicted molar refractivity (Wildman–Crippen MR) is 198 cm³/mol. The van der Waals surface area contributed by atoms with E-state index in [1.807, 2.05) is 39.1 Å². The molecule has 7 rings (SSSR count). The van der Waals surface area contributed by atoms with Crippen LogP contribution in [0.5, 0.6) is 5.75 Å². The van der Waals surface area contributed by atoms with E-state index in [0.29, 0.717) is 66.8 Å². The number of imidazole rings is 1. The molecule has 5 heterocycles. The molecule has 4 aromatic rings. The van der Waals surface area contributed by atoms with Crippen molar-refractivity contribution in [1.29, 1.82) is 0 Å². The highest BCUT2D eigenvalue weighted by Gasteiger charge is 2.40. The third-order valence-electron chi connectivity index (χ3n) is 9.63. The molecule has 1 aromatic carbocycles. The lowest BCUT2D eigenvalue weighted by molar-refractivity contribution is -0.117. The van der Waals surface area contributed by atoms with Crippen LogP contribution in [0.2, 0.25) is 0 Å². The maximum absolute atomic E-state index is 13.3. The number of para-hydroxylation sites is 1. The number of nitrogens with one attached hydrogen (secondary N) is 3. The molecule has 0 spiro atoms. The van der Waals surface area contributed by atoms with E-state index >= 15 is 0 Å². The van der Waals surface area contributed by atoms with E-state index < -0.39 is 17.9 Å². The van der Waals surface area contributed by atoms with Crippen LogP contribution in [0.25, 0.3) is 11.3 Å². The van der Waals surface area contributed by atoms with Gasteiger partial charge in [-0.25, -0.2) is 18.6 Å². The number of hydrogen-bond donors (Lipinski definition) is 3. The number of amides is 3. The van der Waals surface area contributed by atoms with Crippen molar-refractivity contribution in [3.63, 3.8) is 0 Å². The van der Waals surface area contributed by atoms with Gasteiger partial charge >= 0.3 is 6.09 Å². The summed E-state index contributed by atoms with van der Waals surface area (Å²) in [5.74, 6) is 0.727. The predicted octanol–water partition coefficient (Wildman–Crippen LogP) is 5.52. The Labute approximate surface area is 316 Å². The van der Waals surface area contributed by atoms with Crippen molar-refractivity contribution in [2.75, 3.05) is 51.0 Å². The van der Waals surface area contributed by atoms with Gasteiger partial charge in [-0.1, -0.05) is 12.1 Å². The van der Waals surface area contributed by atoms with Gasteiger partial charge in [0.15, 0.2) is 17.3 Å². The fourth-order valence-corrected chi connectivity index (χ4v) is 6.64. The first-order chi connectivity index (χ1) is 26.3. The third kappa shape index (κ3) is 8.35. The minimum atomic E-state index is -2.64. The topological polar surface area (TPSA) is 169 Å². The summed E-state index contributed by atoms with van der Waals surface area (Å²) in [7, 11) is 3.03. The molecule has 55 heavy (non-hydrogen) atoms. The Bertz CT molecular complexity index is 2090. The van der Waals surface area contributed by atoms with Crippen molar-refractivity contribution in [3.05, 3.63) is 71.6 Å². The second-order valence-corrected chi connectivity index (χ2v) is 15.0. The lowest BCUT2D eigenvalue weighted by atomic mass is 9.98. The molecule has 15 nitrogen and oxygen atoms in total. The highest BCUT2D eigenvalue weighted by atomic mass is 19.3. The molecule has 0 radical (unpaired) electrons. The first-order valence-corrected chi connectivity index (χ1v) is 18.2.